The highest BCUT2D eigenvalue weighted by atomic mass is 32.2. The van der Waals surface area contributed by atoms with Gasteiger partial charge >= 0.3 is 0 Å². The summed E-state index contributed by atoms with van der Waals surface area (Å²) in [5.74, 6) is -0.650. The van der Waals surface area contributed by atoms with Crippen LogP contribution in [0.15, 0.2) is 29.2 Å². The van der Waals surface area contributed by atoms with Gasteiger partial charge < -0.3 is 14.2 Å². The van der Waals surface area contributed by atoms with Gasteiger partial charge in [-0.3, -0.25) is 19.3 Å². The van der Waals surface area contributed by atoms with E-state index in [0.29, 0.717) is 31.2 Å². The Bertz CT molecular complexity index is 1130. The fourth-order valence-corrected chi connectivity index (χ4v) is 5.02. The van der Waals surface area contributed by atoms with Gasteiger partial charge in [-0.2, -0.15) is 0 Å². The van der Waals surface area contributed by atoms with Crippen LogP contribution in [0, 0.1) is 27.7 Å². The monoisotopic (exact) mass is 453 g/mol. The molecule has 7 nitrogen and oxygen atoms in total. The van der Waals surface area contributed by atoms with E-state index in [9.17, 15) is 14.4 Å². The molecule has 0 aliphatic carbocycles. The first-order chi connectivity index (χ1) is 15.3. The van der Waals surface area contributed by atoms with E-state index < -0.39 is 11.1 Å². The van der Waals surface area contributed by atoms with Crippen molar-refractivity contribution in [3.63, 3.8) is 0 Å². The van der Waals surface area contributed by atoms with Crippen LogP contribution < -0.4 is 0 Å². The molecule has 1 aromatic carbocycles. The Morgan fingerprint density at radius 1 is 1.09 bits per heavy atom. The van der Waals surface area contributed by atoms with Crippen LogP contribution in [0.4, 0.5) is 4.79 Å². The zero-order chi connectivity index (χ0) is 23.0. The van der Waals surface area contributed by atoms with Gasteiger partial charge in [0.2, 0.25) is 5.91 Å². The highest BCUT2D eigenvalue weighted by Crippen LogP contribution is 2.34. The average Bonchev–Trinajstić information content (AvgIpc) is 3.18. The molecule has 2 fully saturated rings. The van der Waals surface area contributed by atoms with E-state index in [2.05, 4.69) is 36.6 Å². The molecule has 32 heavy (non-hydrogen) atoms. The third-order valence-electron chi connectivity index (χ3n) is 5.88. The van der Waals surface area contributed by atoms with Gasteiger partial charge in [0.05, 0.1) is 18.1 Å². The molecule has 1 aromatic heterocycles. The predicted molar refractivity (Wildman–Crippen MR) is 125 cm³/mol. The van der Waals surface area contributed by atoms with Crippen LogP contribution in [0.5, 0.6) is 0 Å². The second kappa shape index (κ2) is 8.96. The molecule has 0 N–H and O–H groups in total. The van der Waals surface area contributed by atoms with Crippen molar-refractivity contribution in [2.75, 3.05) is 32.8 Å². The first-order valence-electron chi connectivity index (χ1n) is 10.6. The van der Waals surface area contributed by atoms with Gasteiger partial charge in [0.1, 0.15) is 6.54 Å². The number of hydrogen-bond acceptors (Lipinski definition) is 5. The molecule has 0 unspecified atom stereocenters. The van der Waals surface area contributed by atoms with Crippen molar-refractivity contribution in [1.82, 2.24) is 14.4 Å². The lowest BCUT2D eigenvalue weighted by Gasteiger charge is -2.28. The minimum absolute atomic E-state index is 0.232. The molecular formula is C24H27N3O4S. The fourth-order valence-electron chi connectivity index (χ4n) is 4.19. The second-order valence-electron chi connectivity index (χ2n) is 8.21. The maximum atomic E-state index is 12.9. The topological polar surface area (TPSA) is 71.8 Å². The molecule has 2 saturated heterocycles. The largest absolute Gasteiger partial charge is 0.378 e. The molecule has 0 atom stereocenters. The number of imide groups is 1. The van der Waals surface area contributed by atoms with E-state index in [-0.39, 0.29) is 12.5 Å². The number of rotatable bonds is 4. The number of thioether (sulfide) groups is 1. The summed E-state index contributed by atoms with van der Waals surface area (Å²) in [6, 6.07) is 8.34. The number of hydrogen-bond donors (Lipinski definition) is 0. The van der Waals surface area contributed by atoms with Gasteiger partial charge in [0, 0.05) is 30.2 Å². The lowest BCUT2D eigenvalue weighted by atomic mass is 10.1. The van der Waals surface area contributed by atoms with Gasteiger partial charge in [-0.05, 0) is 68.8 Å². The average molecular weight is 454 g/mol. The van der Waals surface area contributed by atoms with Gasteiger partial charge in [-0.25, -0.2) is 0 Å². The number of carbonyl (C=O) groups is 3. The Morgan fingerprint density at radius 3 is 2.50 bits per heavy atom. The zero-order valence-electron chi connectivity index (χ0n) is 18.8. The number of ether oxygens (including phenoxy) is 1. The van der Waals surface area contributed by atoms with Crippen molar-refractivity contribution >= 4 is 34.9 Å². The van der Waals surface area contributed by atoms with E-state index in [1.165, 1.54) is 11.1 Å². The summed E-state index contributed by atoms with van der Waals surface area (Å²) in [6.45, 7) is 9.86. The normalized spacial score (nSPS) is 18.2. The SMILES string of the molecule is Cc1ccc(-n2c(C)cc(/C=C3/SC(=O)N(CC(=O)N4CCOCC4)C3=O)c2C)c(C)c1. The van der Waals surface area contributed by atoms with Crippen LogP contribution in [0.25, 0.3) is 11.8 Å². The first kappa shape index (κ1) is 22.4. The molecular weight excluding hydrogens is 426 g/mol. The third-order valence-corrected chi connectivity index (χ3v) is 6.79. The molecule has 3 amide bonds. The Hall–Kier alpha value is -2.84. The van der Waals surface area contributed by atoms with Gasteiger partial charge in [-0.15, -0.1) is 0 Å². The number of benzene rings is 1. The lowest BCUT2D eigenvalue weighted by molar-refractivity contribution is -0.139. The van der Waals surface area contributed by atoms with Crippen molar-refractivity contribution in [1.29, 1.82) is 0 Å². The molecule has 2 aliphatic rings. The van der Waals surface area contributed by atoms with E-state index >= 15 is 0 Å². The van der Waals surface area contributed by atoms with Crippen LogP contribution in [-0.4, -0.2) is 64.3 Å². The summed E-state index contributed by atoms with van der Waals surface area (Å²) in [6.07, 6.45) is 1.76. The Labute approximate surface area is 192 Å². The summed E-state index contributed by atoms with van der Waals surface area (Å²) in [4.78, 5) is 40.9. The predicted octanol–water partition coefficient (Wildman–Crippen LogP) is 3.61. The van der Waals surface area contributed by atoms with Crippen molar-refractivity contribution in [2.45, 2.75) is 27.7 Å². The van der Waals surface area contributed by atoms with Crippen LogP contribution >= 0.6 is 11.8 Å². The number of nitrogens with zero attached hydrogens (tertiary/aromatic N) is 3. The Balaban J connectivity index is 1.57. The van der Waals surface area contributed by atoms with Crippen molar-refractivity contribution in [3.8, 4) is 5.69 Å². The number of aryl methyl sites for hydroxylation is 3. The van der Waals surface area contributed by atoms with Crippen LogP contribution in [0.1, 0.15) is 28.1 Å². The van der Waals surface area contributed by atoms with E-state index in [0.717, 1.165) is 39.3 Å². The Kier molecular flexibility index (Phi) is 6.26. The van der Waals surface area contributed by atoms with Crippen molar-refractivity contribution in [2.24, 2.45) is 0 Å². The smallest absolute Gasteiger partial charge is 0.294 e. The minimum atomic E-state index is -0.419. The molecule has 0 bridgehead atoms. The lowest BCUT2D eigenvalue weighted by Crippen LogP contribution is -2.46. The molecule has 2 aliphatic heterocycles. The first-order valence-corrected chi connectivity index (χ1v) is 11.5. The molecule has 8 heteroatoms. The van der Waals surface area contributed by atoms with Gasteiger partial charge in [-0.1, -0.05) is 17.7 Å². The highest BCUT2D eigenvalue weighted by molar-refractivity contribution is 8.18. The summed E-state index contributed by atoms with van der Waals surface area (Å²) >= 11 is 0.884. The van der Waals surface area contributed by atoms with Crippen molar-refractivity contribution < 1.29 is 19.1 Å². The molecule has 0 radical (unpaired) electrons. The summed E-state index contributed by atoms with van der Waals surface area (Å²) in [5, 5.41) is -0.411. The van der Waals surface area contributed by atoms with E-state index in [1.54, 1.807) is 11.0 Å². The quantitative estimate of drug-likeness (QED) is 0.662. The Morgan fingerprint density at radius 2 is 1.81 bits per heavy atom. The zero-order valence-corrected chi connectivity index (χ0v) is 19.6. The molecule has 4 rings (SSSR count). The number of carbonyl (C=O) groups excluding carboxylic acids is 3. The number of aromatic nitrogens is 1. The third kappa shape index (κ3) is 4.25. The molecule has 168 valence electrons. The molecule has 2 aromatic rings. The fraction of sp³-hybridized carbons (Fsp3) is 0.375. The summed E-state index contributed by atoms with van der Waals surface area (Å²) < 4.78 is 7.42. The minimum Gasteiger partial charge on any atom is -0.378 e. The summed E-state index contributed by atoms with van der Waals surface area (Å²) in [5.41, 5.74) is 6.38. The maximum absolute atomic E-state index is 12.9. The molecule has 0 spiro atoms. The molecule has 3 heterocycles. The van der Waals surface area contributed by atoms with Crippen LogP contribution in [0.3, 0.4) is 0 Å². The number of amides is 3. The van der Waals surface area contributed by atoms with Gasteiger partial charge in [0.25, 0.3) is 11.1 Å². The second-order valence-corrected chi connectivity index (χ2v) is 9.21. The van der Waals surface area contributed by atoms with Crippen LogP contribution in [-0.2, 0) is 14.3 Å². The maximum Gasteiger partial charge on any atom is 0.294 e. The molecule has 0 saturated carbocycles. The van der Waals surface area contributed by atoms with Crippen molar-refractivity contribution in [3.05, 3.63) is 57.2 Å². The highest BCUT2D eigenvalue weighted by Gasteiger charge is 2.37. The standard InChI is InChI=1S/C24H27N3O4S/c1-15-5-6-20(16(2)11-15)27-17(3)12-19(18(27)4)13-21-23(29)26(24(30)32-21)14-22(28)25-7-9-31-10-8-25/h5-6,11-13H,7-10,14H2,1-4H3/b21-13+. The van der Waals surface area contributed by atoms with E-state index in [4.69, 9.17) is 4.74 Å². The summed E-state index contributed by atoms with van der Waals surface area (Å²) in [7, 11) is 0. The van der Waals surface area contributed by atoms with Gasteiger partial charge in [0.15, 0.2) is 0 Å². The number of morpholine rings is 1. The van der Waals surface area contributed by atoms with E-state index in [1.807, 2.05) is 19.9 Å². The van der Waals surface area contributed by atoms with Crippen LogP contribution in [0.2, 0.25) is 0 Å².